The molecule has 132 valence electrons. The molecule has 1 aliphatic heterocycles. The first kappa shape index (κ1) is 22.0. The SMILES string of the molecule is CCC1CN(C(=O)c2ccccc2N)CCN1CC(C)O.Cl.Cl. The zero-order chi connectivity index (χ0) is 15.4. The van der Waals surface area contributed by atoms with Gasteiger partial charge in [0, 0.05) is 37.9 Å². The van der Waals surface area contributed by atoms with Gasteiger partial charge in [0.25, 0.3) is 5.91 Å². The molecule has 1 aliphatic rings. The molecular formula is C16H27Cl2N3O2. The van der Waals surface area contributed by atoms with Gasteiger partial charge < -0.3 is 15.7 Å². The Bertz CT molecular complexity index is 500. The average Bonchev–Trinajstić information content (AvgIpc) is 2.47. The third-order valence-electron chi connectivity index (χ3n) is 4.05. The fourth-order valence-corrected chi connectivity index (χ4v) is 2.91. The number of carbonyl (C=O) groups excluding carboxylic acids is 1. The second-order valence-electron chi connectivity index (χ2n) is 5.74. The monoisotopic (exact) mass is 363 g/mol. The van der Waals surface area contributed by atoms with E-state index in [2.05, 4.69) is 11.8 Å². The second-order valence-corrected chi connectivity index (χ2v) is 5.74. The highest BCUT2D eigenvalue weighted by atomic mass is 35.5. The van der Waals surface area contributed by atoms with Crippen molar-refractivity contribution in [1.82, 2.24) is 9.80 Å². The largest absolute Gasteiger partial charge is 0.398 e. The zero-order valence-corrected chi connectivity index (χ0v) is 15.3. The van der Waals surface area contributed by atoms with Crippen molar-refractivity contribution in [3.8, 4) is 0 Å². The van der Waals surface area contributed by atoms with Crippen LogP contribution >= 0.6 is 24.8 Å². The highest BCUT2D eigenvalue weighted by molar-refractivity contribution is 5.99. The molecule has 3 N–H and O–H groups in total. The molecule has 1 aromatic carbocycles. The first-order valence-electron chi connectivity index (χ1n) is 7.58. The summed E-state index contributed by atoms with van der Waals surface area (Å²) in [5.74, 6) is 0.00301. The van der Waals surface area contributed by atoms with Crippen molar-refractivity contribution in [2.24, 2.45) is 0 Å². The van der Waals surface area contributed by atoms with E-state index >= 15 is 0 Å². The van der Waals surface area contributed by atoms with E-state index < -0.39 is 0 Å². The van der Waals surface area contributed by atoms with Crippen LogP contribution in [0.2, 0.25) is 0 Å². The van der Waals surface area contributed by atoms with E-state index in [-0.39, 0.29) is 36.8 Å². The van der Waals surface area contributed by atoms with Crippen LogP contribution in [0, 0.1) is 0 Å². The predicted molar refractivity (Wildman–Crippen MR) is 98.6 cm³/mol. The Kier molecular flexibility index (Phi) is 9.54. The Morgan fingerprint density at radius 3 is 2.57 bits per heavy atom. The Hall–Kier alpha value is -1.01. The Labute approximate surface area is 150 Å². The molecule has 1 saturated heterocycles. The molecule has 0 radical (unpaired) electrons. The molecule has 1 fully saturated rings. The average molecular weight is 364 g/mol. The Morgan fingerprint density at radius 1 is 1.35 bits per heavy atom. The second kappa shape index (κ2) is 9.98. The van der Waals surface area contributed by atoms with E-state index in [4.69, 9.17) is 5.73 Å². The van der Waals surface area contributed by atoms with Crippen molar-refractivity contribution in [1.29, 1.82) is 0 Å². The van der Waals surface area contributed by atoms with E-state index in [1.165, 1.54) is 0 Å². The number of nitrogens with two attached hydrogens (primary N) is 1. The van der Waals surface area contributed by atoms with E-state index in [1.54, 1.807) is 19.1 Å². The Morgan fingerprint density at radius 2 is 2.00 bits per heavy atom. The molecule has 2 atom stereocenters. The van der Waals surface area contributed by atoms with E-state index in [0.29, 0.717) is 36.9 Å². The summed E-state index contributed by atoms with van der Waals surface area (Å²) in [5.41, 5.74) is 7.01. The van der Waals surface area contributed by atoms with Crippen molar-refractivity contribution in [3.05, 3.63) is 29.8 Å². The molecule has 5 nitrogen and oxygen atoms in total. The van der Waals surface area contributed by atoms with Crippen molar-refractivity contribution < 1.29 is 9.90 Å². The third kappa shape index (κ3) is 5.53. The topological polar surface area (TPSA) is 69.8 Å². The number of para-hydroxylation sites is 1. The molecule has 0 spiro atoms. The number of aliphatic hydroxyl groups excluding tert-OH is 1. The van der Waals surface area contributed by atoms with Gasteiger partial charge in [-0.2, -0.15) is 0 Å². The number of carbonyl (C=O) groups is 1. The van der Waals surface area contributed by atoms with Crippen molar-refractivity contribution in [2.45, 2.75) is 32.4 Å². The third-order valence-corrected chi connectivity index (χ3v) is 4.05. The number of β-amino-alcohol motifs (C(OH)–C–C–N with tert-alkyl or cyclic N) is 1. The van der Waals surface area contributed by atoms with E-state index in [0.717, 1.165) is 13.0 Å². The van der Waals surface area contributed by atoms with Gasteiger partial charge in [-0.15, -0.1) is 24.8 Å². The number of piperazine rings is 1. The van der Waals surface area contributed by atoms with E-state index in [1.807, 2.05) is 17.0 Å². The standard InChI is InChI=1S/C16H25N3O2.2ClH/c1-3-13-11-19(9-8-18(13)10-12(2)20)16(21)14-6-4-5-7-15(14)17;;/h4-7,12-13,20H,3,8-11,17H2,1-2H3;2*1H. The summed E-state index contributed by atoms with van der Waals surface area (Å²) in [5, 5.41) is 9.57. The molecule has 1 amide bonds. The van der Waals surface area contributed by atoms with Gasteiger partial charge in [-0.3, -0.25) is 9.69 Å². The minimum Gasteiger partial charge on any atom is -0.398 e. The molecule has 1 aromatic rings. The van der Waals surface area contributed by atoms with Crippen LogP contribution in [-0.4, -0.2) is 59.1 Å². The molecule has 23 heavy (non-hydrogen) atoms. The highest BCUT2D eigenvalue weighted by Crippen LogP contribution is 2.18. The molecule has 2 rings (SSSR count). The number of hydrogen-bond donors (Lipinski definition) is 2. The number of halogens is 2. The summed E-state index contributed by atoms with van der Waals surface area (Å²) >= 11 is 0. The minimum atomic E-state index is -0.342. The number of nitrogens with zero attached hydrogens (tertiary/aromatic N) is 2. The van der Waals surface area contributed by atoms with Crippen LogP contribution in [0.25, 0.3) is 0 Å². The fourth-order valence-electron chi connectivity index (χ4n) is 2.91. The van der Waals surface area contributed by atoms with Crippen LogP contribution in [0.3, 0.4) is 0 Å². The van der Waals surface area contributed by atoms with Crippen molar-refractivity contribution in [3.63, 3.8) is 0 Å². The number of nitrogen functional groups attached to an aromatic ring is 1. The van der Waals surface area contributed by atoms with Crippen LogP contribution in [0.5, 0.6) is 0 Å². The summed E-state index contributed by atoms with van der Waals surface area (Å²) in [6, 6.07) is 7.50. The quantitative estimate of drug-likeness (QED) is 0.803. The number of amides is 1. The van der Waals surface area contributed by atoms with E-state index in [9.17, 15) is 9.90 Å². The molecular weight excluding hydrogens is 337 g/mol. The predicted octanol–water partition coefficient (Wildman–Crippen LogP) is 2.03. The maximum atomic E-state index is 12.6. The first-order chi connectivity index (χ1) is 10.0. The fraction of sp³-hybridized carbons (Fsp3) is 0.562. The normalized spacial score (nSPS) is 19.4. The van der Waals surface area contributed by atoms with Crippen molar-refractivity contribution in [2.75, 3.05) is 31.9 Å². The van der Waals surface area contributed by atoms with Crippen LogP contribution in [0.15, 0.2) is 24.3 Å². The molecule has 0 aromatic heterocycles. The number of hydrogen-bond acceptors (Lipinski definition) is 4. The van der Waals surface area contributed by atoms with Gasteiger partial charge in [0.05, 0.1) is 11.7 Å². The van der Waals surface area contributed by atoms with Crippen LogP contribution in [0.4, 0.5) is 5.69 Å². The lowest BCUT2D eigenvalue weighted by Gasteiger charge is -2.41. The lowest BCUT2D eigenvalue weighted by atomic mass is 10.1. The van der Waals surface area contributed by atoms with Gasteiger partial charge in [0.15, 0.2) is 0 Å². The molecule has 1 heterocycles. The smallest absolute Gasteiger partial charge is 0.256 e. The summed E-state index contributed by atoms with van der Waals surface area (Å²) in [6.45, 7) is 6.74. The highest BCUT2D eigenvalue weighted by Gasteiger charge is 2.29. The van der Waals surface area contributed by atoms with Crippen LogP contribution in [-0.2, 0) is 0 Å². The van der Waals surface area contributed by atoms with Gasteiger partial charge in [-0.05, 0) is 25.5 Å². The lowest BCUT2D eigenvalue weighted by molar-refractivity contribution is 0.0310. The lowest BCUT2D eigenvalue weighted by Crippen LogP contribution is -2.55. The maximum absolute atomic E-state index is 12.6. The number of aliphatic hydroxyl groups is 1. The molecule has 0 saturated carbocycles. The summed E-state index contributed by atoms with van der Waals surface area (Å²) in [4.78, 5) is 16.7. The summed E-state index contributed by atoms with van der Waals surface area (Å²) < 4.78 is 0. The van der Waals surface area contributed by atoms with Crippen molar-refractivity contribution >= 4 is 36.4 Å². The molecule has 0 bridgehead atoms. The minimum absolute atomic E-state index is 0. The Balaban J connectivity index is 0.00000242. The maximum Gasteiger partial charge on any atom is 0.256 e. The van der Waals surface area contributed by atoms with Crippen LogP contribution < -0.4 is 5.73 Å². The zero-order valence-electron chi connectivity index (χ0n) is 13.6. The van der Waals surface area contributed by atoms with Gasteiger partial charge in [0.2, 0.25) is 0 Å². The number of rotatable bonds is 4. The van der Waals surface area contributed by atoms with Gasteiger partial charge >= 0.3 is 0 Å². The van der Waals surface area contributed by atoms with Crippen LogP contribution in [0.1, 0.15) is 30.6 Å². The number of anilines is 1. The molecule has 2 unspecified atom stereocenters. The summed E-state index contributed by atoms with van der Waals surface area (Å²) in [6.07, 6.45) is 0.617. The molecule has 0 aliphatic carbocycles. The van der Waals surface area contributed by atoms with Gasteiger partial charge in [0.1, 0.15) is 0 Å². The van der Waals surface area contributed by atoms with Gasteiger partial charge in [-0.1, -0.05) is 19.1 Å². The molecule has 7 heteroatoms. The first-order valence-corrected chi connectivity index (χ1v) is 7.58. The number of benzene rings is 1. The van der Waals surface area contributed by atoms with Gasteiger partial charge in [-0.25, -0.2) is 0 Å². The summed E-state index contributed by atoms with van der Waals surface area (Å²) in [7, 11) is 0.